The Balaban J connectivity index is 1.96. The van der Waals surface area contributed by atoms with Crippen LogP contribution in [0.25, 0.3) is 0 Å². The zero-order valence-electron chi connectivity index (χ0n) is 13.9. The summed E-state index contributed by atoms with van der Waals surface area (Å²) < 4.78 is 16.3. The van der Waals surface area contributed by atoms with Gasteiger partial charge in [0.1, 0.15) is 11.9 Å². The van der Waals surface area contributed by atoms with Crippen LogP contribution in [0.2, 0.25) is 0 Å². The second kappa shape index (κ2) is 8.39. The molecule has 0 aliphatic carbocycles. The smallest absolute Gasteiger partial charge is 0.274 e. The van der Waals surface area contributed by atoms with Crippen LogP contribution in [0.4, 0.5) is 0 Å². The third kappa shape index (κ3) is 4.74. The van der Waals surface area contributed by atoms with E-state index in [9.17, 15) is 9.90 Å². The number of hydrogen-bond donors (Lipinski definition) is 2. The summed E-state index contributed by atoms with van der Waals surface area (Å²) in [5, 5.41) is 16.0. The molecule has 1 amide bonds. The molecule has 0 bridgehead atoms. The number of hydrogen-bond acceptors (Lipinski definition) is 7. The van der Waals surface area contributed by atoms with Crippen LogP contribution in [0.3, 0.4) is 0 Å². The summed E-state index contributed by atoms with van der Waals surface area (Å²) in [7, 11) is 3.95. The minimum absolute atomic E-state index is 0.128. The lowest BCUT2D eigenvalue weighted by Gasteiger charge is -2.32. The molecule has 23 heavy (non-hydrogen) atoms. The lowest BCUT2D eigenvalue weighted by atomic mass is 10.1. The van der Waals surface area contributed by atoms with Crippen molar-refractivity contribution in [1.82, 2.24) is 15.4 Å². The number of aryl methyl sites for hydroxylation is 1. The first-order valence-electron chi connectivity index (χ1n) is 7.74. The topological polar surface area (TPSA) is 97.1 Å². The maximum atomic E-state index is 12.4. The molecule has 0 unspecified atom stereocenters. The molecule has 1 fully saturated rings. The second-order valence-electron chi connectivity index (χ2n) is 5.88. The third-order valence-corrected chi connectivity index (χ3v) is 3.85. The van der Waals surface area contributed by atoms with E-state index < -0.39 is 0 Å². The molecular weight excluding hydrogens is 302 g/mol. The van der Waals surface area contributed by atoms with E-state index in [2.05, 4.69) is 10.5 Å². The molecule has 8 nitrogen and oxygen atoms in total. The van der Waals surface area contributed by atoms with Crippen molar-refractivity contribution in [2.75, 3.05) is 40.5 Å². The van der Waals surface area contributed by atoms with Crippen molar-refractivity contribution in [2.45, 2.75) is 32.1 Å². The Hall–Kier alpha value is -1.48. The average molecular weight is 327 g/mol. The number of aliphatic hydroxyl groups excluding tert-OH is 1. The van der Waals surface area contributed by atoms with Crippen LogP contribution in [0.5, 0.6) is 0 Å². The average Bonchev–Trinajstić information content (AvgIpc) is 2.89. The molecule has 1 saturated heterocycles. The van der Waals surface area contributed by atoms with Gasteiger partial charge in [-0.05, 0) is 27.4 Å². The maximum Gasteiger partial charge on any atom is 0.274 e. The molecule has 0 spiro atoms. The van der Waals surface area contributed by atoms with Crippen LogP contribution >= 0.6 is 0 Å². The van der Waals surface area contributed by atoms with E-state index in [1.807, 2.05) is 19.0 Å². The minimum Gasteiger partial charge on any atom is -0.391 e. The fourth-order valence-electron chi connectivity index (χ4n) is 2.42. The lowest BCUT2D eigenvalue weighted by Crippen LogP contribution is -2.50. The first-order chi connectivity index (χ1) is 11.0. The van der Waals surface area contributed by atoms with E-state index in [0.717, 1.165) is 6.54 Å². The predicted octanol–water partition coefficient (Wildman–Crippen LogP) is -0.0592. The number of nitrogens with one attached hydrogen (secondary N) is 1. The molecule has 1 aromatic heterocycles. The van der Waals surface area contributed by atoms with Crippen molar-refractivity contribution in [3.8, 4) is 0 Å². The second-order valence-corrected chi connectivity index (χ2v) is 5.88. The van der Waals surface area contributed by atoms with Crippen LogP contribution in [0.15, 0.2) is 4.52 Å². The van der Waals surface area contributed by atoms with Crippen molar-refractivity contribution in [1.29, 1.82) is 0 Å². The summed E-state index contributed by atoms with van der Waals surface area (Å²) in [5.74, 6) is 0.0856. The summed E-state index contributed by atoms with van der Waals surface area (Å²) in [5.41, 5.74) is 0.545. The number of carbonyl (C=O) groups excluding carboxylic acids is 1. The molecular formula is C15H25N3O5. The van der Waals surface area contributed by atoms with Gasteiger partial charge in [-0.2, -0.15) is 0 Å². The molecule has 0 aromatic carbocycles. The molecule has 2 rings (SSSR count). The summed E-state index contributed by atoms with van der Waals surface area (Å²) in [4.78, 5) is 14.4. The zero-order valence-corrected chi connectivity index (χ0v) is 13.9. The van der Waals surface area contributed by atoms with Gasteiger partial charge in [-0.15, -0.1) is 0 Å². The fourth-order valence-corrected chi connectivity index (χ4v) is 2.42. The van der Waals surface area contributed by atoms with Gasteiger partial charge in [0.25, 0.3) is 5.91 Å². The Kier molecular flexibility index (Phi) is 6.52. The highest BCUT2D eigenvalue weighted by Gasteiger charge is 2.30. The van der Waals surface area contributed by atoms with E-state index in [1.54, 1.807) is 6.92 Å². The monoisotopic (exact) mass is 327 g/mol. The quantitative estimate of drug-likeness (QED) is 0.724. The Morgan fingerprint density at radius 1 is 1.52 bits per heavy atom. The van der Waals surface area contributed by atoms with Gasteiger partial charge in [-0.1, -0.05) is 5.16 Å². The molecule has 0 saturated carbocycles. The molecule has 1 aromatic rings. The summed E-state index contributed by atoms with van der Waals surface area (Å²) in [6.45, 7) is 3.77. The summed E-state index contributed by atoms with van der Waals surface area (Å²) in [6, 6.07) is -0.151. The normalized spacial score (nSPS) is 21.6. The van der Waals surface area contributed by atoms with E-state index in [-0.39, 0.29) is 30.4 Å². The van der Waals surface area contributed by atoms with Gasteiger partial charge in [0.2, 0.25) is 0 Å². The number of likely N-dealkylation sites (N-methyl/N-ethyl adjacent to an activating group) is 1. The largest absolute Gasteiger partial charge is 0.391 e. The molecule has 1 aliphatic heterocycles. The zero-order chi connectivity index (χ0) is 16.8. The van der Waals surface area contributed by atoms with E-state index in [1.165, 1.54) is 0 Å². The van der Waals surface area contributed by atoms with Crippen LogP contribution < -0.4 is 5.32 Å². The van der Waals surface area contributed by atoms with Gasteiger partial charge in [-0.25, -0.2) is 0 Å². The lowest BCUT2D eigenvalue weighted by molar-refractivity contribution is -0.0691. The maximum absolute atomic E-state index is 12.4. The van der Waals surface area contributed by atoms with Crippen molar-refractivity contribution < 1.29 is 23.9 Å². The van der Waals surface area contributed by atoms with E-state index >= 15 is 0 Å². The van der Waals surface area contributed by atoms with E-state index in [4.69, 9.17) is 14.0 Å². The minimum atomic E-state index is -0.362. The highest BCUT2D eigenvalue weighted by atomic mass is 16.5. The van der Waals surface area contributed by atoms with Crippen molar-refractivity contribution in [2.24, 2.45) is 0 Å². The Morgan fingerprint density at radius 3 is 3.00 bits per heavy atom. The van der Waals surface area contributed by atoms with Crippen LogP contribution in [-0.4, -0.2) is 73.7 Å². The van der Waals surface area contributed by atoms with Crippen LogP contribution in [-0.2, 0) is 16.1 Å². The molecule has 2 heterocycles. The molecule has 0 radical (unpaired) electrons. The molecule has 8 heteroatoms. The third-order valence-electron chi connectivity index (χ3n) is 3.85. The molecule has 130 valence electrons. The summed E-state index contributed by atoms with van der Waals surface area (Å²) in [6.07, 6.45) is 0.474. The molecule has 2 atom stereocenters. The Labute approximate surface area is 135 Å². The summed E-state index contributed by atoms with van der Waals surface area (Å²) >= 11 is 0. The number of aromatic nitrogens is 1. The molecule has 2 N–H and O–H groups in total. The highest BCUT2D eigenvalue weighted by molar-refractivity contribution is 5.94. The Morgan fingerprint density at radius 2 is 2.30 bits per heavy atom. The number of nitrogens with zero attached hydrogens (tertiary/aromatic N) is 2. The van der Waals surface area contributed by atoms with Gasteiger partial charge in [0, 0.05) is 13.2 Å². The Bertz CT molecular complexity index is 517. The van der Waals surface area contributed by atoms with Crippen LogP contribution in [0.1, 0.15) is 28.2 Å². The van der Waals surface area contributed by atoms with Crippen molar-refractivity contribution in [3.63, 3.8) is 0 Å². The SMILES string of the molecule is Cc1onc(C(=O)N[C@@H]2CCOC[C@H]2OCCN(C)C)c1CO. The van der Waals surface area contributed by atoms with Crippen molar-refractivity contribution >= 4 is 5.91 Å². The van der Waals surface area contributed by atoms with Gasteiger partial charge in [-0.3, -0.25) is 4.79 Å². The van der Waals surface area contributed by atoms with Gasteiger partial charge >= 0.3 is 0 Å². The van der Waals surface area contributed by atoms with Crippen molar-refractivity contribution in [3.05, 3.63) is 17.0 Å². The number of aliphatic hydroxyl groups is 1. The van der Waals surface area contributed by atoms with Gasteiger partial charge in [0.05, 0.1) is 31.4 Å². The fraction of sp³-hybridized carbons (Fsp3) is 0.733. The number of amides is 1. The first-order valence-corrected chi connectivity index (χ1v) is 7.74. The van der Waals surface area contributed by atoms with Gasteiger partial charge < -0.3 is 29.3 Å². The molecule has 1 aliphatic rings. The number of rotatable bonds is 7. The first kappa shape index (κ1) is 17.9. The predicted molar refractivity (Wildman–Crippen MR) is 82.1 cm³/mol. The van der Waals surface area contributed by atoms with Crippen LogP contribution in [0, 0.1) is 6.92 Å². The highest BCUT2D eigenvalue weighted by Crippen LogP contribution is 2.16. The van der Waals surface area contributed by atoms with Gasteiger partial charge in [0.15, 0.2) is 5.69 Å². The van der Waals surface area contributed by atoms with E-state index in [0.29, 0.717) is 37.6 Å². The standard InChI is InChI=1S/C15H25N3O5/c1-10-11(8-19)14(17-23-10)15(20)16-12-4-6-21-9-13(12)22-7-5-18(2)3/h12-13,19H,4-9H2,1-3H3,(H,16,20)/t12-,13-/m1/s1. The number of ether oxygens (including phenoxy) is 2. The number of carbonyl (C=O) groups is 1.